The summed E-state index contributed by atoms with van der Waals surface area (Å²) in [6.45, 7) is 4.74. The molecule has 1 aromatic carbocycles. The molecule has 2 heterocycles. The number of hydrogen-bond acceptors (Lipinski definition) is 3. The van der Waals surface area contributed by atoms with Crippen molar-refractivity contribution in [3.63, 3.8) is 0 Å². The molecule has 2 atom stereocenters. The maximum Gasteiger partial charge on any atom is 0.257 e. The van der Waals surface area contributed by atoms with Gasteiger partial charge in [-0.2, -0.15) is 5.10 Å². The topological polar surface area (TPSA) is 58.4 Å². The number of carbonyl (C=O) groups is 1. The molecule has 3 rings (SSSR count). The van der Waals surface area contributed by atoms with Crippen LogP contribution in [0.3, 0.4) is 0 Å². The molecule has 1 fully saturated rings. The average molecular weight is 327 g/mol. The molecule has 5 nitrogen and oxygen atoms in total. The fourth-order valence-corrected chi connectivity index (χ4v) is 3.29. The molecular formula is C19H25N3O2. The SMILES string of the molecule is CC(C)n1cc(C(=O)N2CCC[C@H](O)[C@@H]2Cc2ccccc2)cn1. The molecule has 0 spiro atoms. The van der Waals surface area contributed by atoms with Gasteiger partial charge in [-0.25, -0.2) is 0 Å². The Morgan fingerprint density at radius 3 is 2.75 bits per heavy atom. The first kappa shape index (κ1) is 16.7. The molecule has 24 heavy (non-hydrogen) atoms. The second-order valence-corrected chi connectivity index (χ2v) is 6.77. The number of likely N-dealkylation sites (tertiary alicyclic amines) is 1. The number of rotatable bonds is 4. The molecule has 0 saturated carbocycles. The maximum atomic E-state index is 12.9. The highest BCUT2D eigenvalue weighted by Crippen LogP contribution is 2.23. The Hall–Kier alpha value is -2.14. The Morgan fingerprint density at radius 2 is 2.08 bits per heavy atom. The first-order valence-corrected chi connectivity index (χ1v) is 8.63. The van der Waals surface area contributed by atoms with Crippen molar-refractivity contribution in [2.75, 3.05) is 6.54 Å². The van der Waals surface area contributed by atoms with Gasteiger partial charge < -0.3 is 10.0 Å². The Balaban J connectivity index is 1.81. The lowest BCUT2D eigenvalue weighted by atomic mass is 9.92. The first-order chi connectivity index (χ1) is 11.6. The molecule has 1 aliphatic heterocycles. The predicted molar refractivity (Wildman–Crippen MR) is 92.8 cm³/mol. The number of aliphatic hydroxyl groups is 1. The van der Waals surface area contributed by atoms with Crippen LogP contribution < -0.4 is 0 Å². The predicted octanol–water partition coefficient (Wildman–Crippen LogP) is 2.67. The molecule has 1 saturated heterocycles. The van der Waals surface area contributed by atoms with Crippen LogP contribution >= 0.6 is 0 Å². The van der Waals surface area contributed by atoms with Gasteiger partial charge in [0, 0.05) is 18.8 Å². The highest BCUT2D eigenvalue weighted by molar-refractivity contribution is 5.94. The Bertz CT molecular complexity index is 681. The fraction of sp³-hybridized carbons (Fsp3) is 0.474. The zero-order chi connectivity index (χ0) is 17.1. The summed E-state index contributed by atoms with van der Waals surface area (Å²) in [5.74, 6) is -0.0402. The van der Waals surface area contributed by atoms with Crippen molar-refractivity contribution in [1.82, 2.24) is 14.7 Å². The van der Waals surface area contributed by atoms with E-state index in [-0.39, 0.29) is 18.0 Å². The standard InChI is InChI=1S/C19H25N3O2/c1-14(2)22-13-16(12-20-22)19(24)21-10-6-9-18(23)17(21)11-15-7-4-3-5-8-15/h3-5,7-8,12-14,17-18,23H,6,9-11H2,1-2H3/t17-,18-/m0/s1. The summed E-state index contributed by atoms with van der Waals surface area (Å²) in [6, 6.07) is 10.1. The van der Waals surface area contributed by atoms with Gasteiger partial charge in [0.2, 0.25) is 0 Å². The van der Waals surface area contributed by atoms with E-state index in [2.05, 4.69) is 5.10 Å². The smallest absolute Gasteiger partial charge is 0.257 e. The third-order valence-electron chi connectivity index (χ3n) is 4.67. The van der Waals surface area contributed by atoms with E-state index in [4.69, 9.17) is 0 Å². The normalized spacial score (nSPS) is 21.2. The van der Waals surface area contributed by atoms with Crippen LogP contribution in [0.4, 0.5) is 0 Å². The van der Waals surface area contributed by atoms with Gasteiger partial charge >= 0.3 is 0 Å². The van der Waals surface area contributed by atoms with E-state index in [0.717, 1.165) is 18.4 Å². The van der Waals surface area contributed by atoms with Gasteiger partial charge in [0.25, 0.3) is 5.91 Å². The van der Waals surface area contributed by atoms with Gasteiger partial charge in [-0.15, -0.1) is 0 Å². The van der Waals surface area contributed by atoms with E-state index in [1.807, 2.05) is 49.1 Å². The van der Waals surface area contributed by atoms with Crippen LogP contribution in [0.5, 0.6) is 0 Å². The molecule has 0 bridgehead atoms. The van der Waals surface area contributed by atoms with Crippen molar-refractivity contribution in [3.05, 3.63) is 53.9 Å². The third-order valence-corrected chi connectivity index (χ3v) is 4.67. The highest BCUT2D eigenvalue weighted by Gasteiger charge is 2.34. The van der Waals surface area contributed by atoms with Gasteiger partial charge in [0.05, 0.1) is 23.9 Å². The summed E-state index contributed by atoms with van der Waals surface area (Å²) in [5, 5.41) is 14.7. The number of benzene rings is 1. The Kier molecular flexibility index (Phi) is 5.00. The molecule has 1 amide bonds. The molecule has 0 aliphatic carbocycles. The van der Waals surface area contributed by atoms with Gasteiger partial charge in [0.1, 0.15) is 0 Å². The zero-order valence-electron chi connectivity index (χ0n) is 14.3. The molecule has 0 unspecified atom stereocenters. The van der Waals surface area contributed by atoms with E-state index in [9.17, 15) is 9.90 Å². The van der Waals surface area contributed by atoms with Crippen molar-refractivity contribution in [3.8, 4) is 0 Å². The lowest BCUT2D eigenvalue weighted by Gasteiger charge is -2.39. The largest absolute Gasteiger partial charge is 0.391 e. The molecule has 2 aromatic rings. The minimum Gasteiger partial charge on any atom is -0.391 e. The lowest BCUT2D eigenvalue weighted by molar-refractivity contribution is 0.0118. The Labute approximate surface area is 142 Å². The molecule has 5 heteroatoms. The second-order valence-electron chi connectivity index (χ2n) is 6.77. The summed E-state index contributed by atoms with van der Waals surface area (Å²) in [7, 11) is 0. The summed E-state index contributed by atoms with van der Waals surface area (Å²) in [5.41, 5.74) is 1.73. The maximum absolute atomic E-state index is 12.9. The fourth-order valence-electron chi connectivity index (χ4n) is 3.29. The van der Waals surface area contributed by atoms with Crippen molar-refractivity contribution >= 4 is 5.91 Å². The van der Waals surface area contributed by atoms with Crippen LogP contribution in [-0.2, 0) is 6.42 Å². The van der Waals surface area contributed by atoms with E-state index in [0.29, 0.717) is 18.5 Å². The minimum atomic E-state index is -0.483. The van der Waals surface area contributed by atoms with Crippen LogP contribution in [0.2, 0.25) is 0 Å². The quantitative estimate of drug-likeness (QED) is 0.939. The summed E-state index contributed by atoms with van der Waals surface area (Å²) in [4.78, 5) is 14.8. The first-order valence-electron chi connectivity index (χ1n) is 8.63. The highest BCUT2D eigenvalue weighted by atomic mass is 16.3. The third kappa shape index (κ3) is 3.51. The van der Waals surface area contributed by atoms with Crippen molar-refractivity contribution in [2.24, 2.45) is 0 Å². The van der Waals surface area contributed by atoms with Crippen LogP contribution in [-0.4, -0.2) is 44.4 Å². The van der Waals surface area contributed by atoms with Crippen molar-refractivity contribution in [1.29, 1.82) is 0 Å². The van der Waals surface area contributed by atoms with Crippen LogP contribution in [0, 0.1) is 0 Å². The van der Waals surface area contributed by atoms with Gasteiger partial charge in [-0.05, 0) is 38.7 Å². The number of nitrogens with zero attached hydrogens (tertiary/aromatic N) is 3. The van der Waals surface area contributed by atoms with Crippen molar-refractivity contribution < 1.29 is 9.90 Å². The summed E-state index contributed by atoms with van der Waals surface area (Å²) < 4.78 is 1.79. The molecular weight excluding hydrogens is 302 g/mol. The zero-order valence-corrected chi connectivity index (χ0v) is 14.3. The minimum absolute atomic E-state index is 0.0402. The van der Waals surface area contributed by atoms with E-state index in [1.54, 1.807) is 17.1 Å². The van der Waals surface area contributed by atoms with Crippen LogP contribution in [0.25, 0.3) is 0 Å². The number of aromatic nitrogens is 2. The average Bonchev–Trinajstić information content (AvgIpc) is 3.07. The Morgan fingerprint density at radius 1 is 1.33 bits per heavy atom. The number of aliphatic hydroxyl groups excluding tert-OH is 1. The van der Waals surface area contributed by atoms with Gasteiger partial charge in [0.15, 0.2) is 0 Å². The molecule has 1 aliphatic rings. The van der Waals surface area contributed by atoms with Gasteiger partial charge in [-0.3, -0.25) is 9.48 Å². The number of hydrogen-bond donors (Lipinski definition) is 1. The van der Waals surface area contributed by atoms with E-state index < -0.39 is 6.10 Å². The molecule has 0 radical (unpaired) electrons. The summed E-state index contributed by atoms with van der Waals surface area (Å²) in [6.07, 6.45) is 5.19. The second kappa shape index (κ2) is 7.18. The van der Waals surface area contributed by atoms with Crippen molar-refractivity contribution in [2.45, 2.75) is 51.3 Å². The molecule has 1 N–H and O–H groups in total. The van der Waals surface area contributed by atoms with Gasteiger partial charge in [-0.1, -0.05) is 30.3 Å². The van der Waals surface area contributed by atoms with Crippen LogP contribution in [0.1, 0.15) is 48.7 Å². The van der Waals surface area contributed by atoms with E-state index in [1.165, 1.54) is 0 Å². The summed E-state index contributed by atoms with van der Waals surface area (Å²) >= 11 is 0. The lowest BCUT2D eigenvalue weighted by Crippen LogP contribution is -2.52. The monoisotopic (exact) mass is 327 g/mol. The number of amides is 1. The van der Waals surface area contributed by atoms with Crippen LogP contribution in [0.15, 0.2) is 42.7 Å². The number of piperidine rings is 1. The number of carbonyl (C=O) groups excluding carboxylic acids is 1. The van der Waals surface area contributed by atoms with E-state index >= 15 is 0 Å². The molecule has 1 aromatic heterocycles. The molecule has 128 valence electrons.